The Hall–Kier alpha value is -0.210. The van der Waals surface area contributed by atoms with Crippen LogP contribution in [0.25, 0.3) is 0 Å². The minimum absolute atomic E-state index is 0.0198. The van der Waals surface area contributed by atoms with Crippen LogP contribution in [0.4, 0.5) is 0 Å². The van der Waals surface area contributed by atoms with Gasteiger partial charge >= 0.3 is 10.4 Å². The van der Waals surface area contributed by atoms with Crippen LogP contribution in [0.2, 0.25) is 0 Å². The lowest BCUT2D eigenvalue weighted by Crippen LogP contribution is -2.62. The molecule has 3 unspecified atom stereocenters. The molecule has 0 aliphatic heterocycles. The van der Waals surface area contributed by atoms with E-state index in [4.69, 9.17) is 4.55 Å². The van der Waals surface area contributed by atoms with Crippen LogP contribution in [0.15, 0.2) is 0 Å². The standard InChI is InChI=1S/C25H44O6S/c1-5-17-21-14-16(26)8-11-25(21,4)20-9-12-24(3)18(6-7-19(24)22(20)23(17)27)15(2)10-13-31-32(28,29)30/h15-23,26-27H,5-14H2,1-4H3,(H,28,29,30)/t15-,16+,17-,18-,19?,20?,21+,22?,23-,24-,25-/m1/s1. The SMILES string of the molecule is CC[C@H]1[C@@H](O)C2C3CC[C@H]([C@H](C)CCOS(=O)(=O)O)[C@@]3(C)CCC2[C@@]2(C)CC[C@H](O)C[C@@H]12. The van der Waals surface area contributed by atoms with Gasteiger partial charge in [0.05, 0.1) is 18.8 Å². The van der Waals surface area contributed by atoms with Crippen LogP contribution >= 0.6 is 0 Å². The maximum atomic E-state index is 11.7. The minimum Gasteiger partial charge on any atom is -0.393 e. The van der Waals surface area contributed by atoms with E-state index in [1.54, 1.807) is 0 Å². The van der Waals surface area contributed by atoms with Crippen LogP contribution < -0.4 is 0 Å². The van der Waals surface area contributed by atoms with E-state index in [2.05, 4.69) is 31.9 Å². The zero-order chi connectivity index (χ0) is 23.5. The monoisotopic (exact) mass is 472 g/mol. The van der Waals surface area contributed by atoms with Gasteiger partial charge in [-0.25, -0.2) is 4.18 Å². The number of aliphatic hydroxyl groups excluding tert-OH is 2. The van der Waals surface area contributed by atoms with Crippen LogP contribution in [0, 0.1) is 52.3 Å². The molecule has 0 radical (unpaired) electrons. The third-order valence-corrected chi connectivity index (χ3v) is 11.4. The quantitative estimate of drug-likeness (QED) is 0.493. The largest absolute Gasteiger partial charge is 0.397 e. The van der Waals surface area contributed by atoms with Gasteiger partial charge in [0.15, 0.2) is 0 Å². The molecule has 11 atom stereocenters. The first-order valence-corrected chi connectivity index (χ1v) is 14.3. The lowest BCUT2D eigenvalue weighted by atomic mass is 9.41. The molecule has 7 heteroatoms. The molecule has 0 aromatic carbocycles. The Labute approximate surface area is 194 Å². The summed E-state index contributed by atoms with van der Waals surface area (Å²) in [4.78, 5) is 0. The first-order valence-electron chi connectivity index (χ1n) is 12.9. The summed E-state index contributed by atoms with van der Waals surface area (Å²) in [6.07, 6.45) is 8.38. The molecule has 0 bridgehead atoms. The van der Waals surface area contributed by atoms with Gasteiger partial charge in [0.1, 0.15) is 0 Å². The zero-order valence-electron chi connectivity index (χ0n) is 20.2. The molecular weight excluding hydrogens is 428 g/mol. The number of hydrogen-bond donors (Lipinski definition) is 3. The van der Waals surface area contributed by atoms with E-state index < -0.39 is 10.4 Å². The number of fused-ring (bicyclic) bond motifs is 5. The summed E-state index contributed by atoms with van der Waals surface area (Å²) in [5.74, 6) is 2.78. The summed E-state index contributed by atoms with van der Waals surface area (Å²) < 4.78 is 35.4. The molecule has 4 rings (SSSR count). The molecule has 0 heterocycles. The Kier molecular flexibility index (Phi) is 6.83. The predicted octanol–water partition coefficient (Wildman–Crippen LogP) is 4.46. The molecule has 4 fully saturated rings. The average molecular weight is 473 g/mol. The molecule has 6 nitrogen and oxygen atoms in total. The second-order valence-electron chi connectivity index (χ2n) is 12.1. The molecule has 4 aliphatic carbocycles. The summed E-state index contributed by atoms with van der Waals surface area (Å²) in [5, 5.41) is 22.1. The topological polar surface area (TPSA) is 104 Å². The number of aliphatic hydroxyl groups is 2. The Morgan fingerprint density at radius 3 is 2.31 bits per heavy atom. The molecule has 0 amide bonds. The second kappa shape index (κ2) is 8.78. The van der Waals surface area contributed by atoms with E-state index in [1.807, 2.05) is 0 Å². The first-order chi connectivity index (χ1) is 14.9. The number of hydrogen-bond acceptors (Lipinski definition) is 5. The minimum atomic E-state index is -4.39. The predicted molar refractivity (Wildman–Crippen MR) is 123 cm³/mol. The highest BCUT2D eigenvalue weighted by molar-refractivity contribution is 7.80. The van der Waals surface area contributed by atoms with Crippen LogP contribution in [0.5, 0.6) is 0 Å². The first kappa shape index (κ1) is 24.9. The van der Waals surface area contributed by atoms with Crippen molar-refractivity contribution in [1.82, 2.24) is 0 Å². The van der Waals surface area contributed by atoms with Gasteiger partial charge in [0.2, 0.25) is 0 Å². The van der Waals surface area contributed by atoms with E-state index in [-0.39, 0.29) is 35.6 Å². The van der Waals surface area contributed by atoms with Crippen molar-refractivity contribution < 1.29 is 27.4 Å². The number of rotatable bonds is 6. The van der Waals surface area contributed by atoms with Crippen molar-refractivity contribution in [3.63, 3.8) is 0 Å². The zero-order valence-corrected chi connectivity index (χ0v) is 21.1. The van der Waals surface area contributed by atoms with Crippen LogP contribution in [0.1, 0.15) is 85.5 Å². The van der Waals surface area contributed by atoms with E-state index in [0.717, 1.165) is 51.4 Å². The molecule has 0 saturated heterocycles. The van der Waals surface area contributed by atoms with Gasteiger partial charge in [-0.05, 0) is 104 Å². The third kappa shape index (κ3) is 4.08. The summed E-state index contributed by atoms with van der Waals surface area (Å²) in [7, 11) is -4.39. The van der Waals surface area contributed by atoms with E-state index in [0.29, 0.717) is 41.9 Å². The van der Waals surface area contributed by atoms with E-state index >= 15 is 0 Å². The summed E-state index contributed by atoms with van der Waals surface area (Å²) in [6, 6.07) is 0. The molecule has 32 heavy (non-hydrogen) atoms. The Bertz CT molecular complexity index is 785. The van der Waals surface area contributed by atoms with Gasteiger partial charge in [0.25, 0.3) is 0 Å². The molecule has 0 aromatic heterocycles. The fourth-order valence-corrected chi connectivity index (χ4v) is 9.78. The van der Waals surface area contributed by atoms with Gasteiger partial charge in [-0.3, -0.25) is 4.55 Å². The third-order valence-electron chi connectivity index (χ3n) is 11.0. The molecule has 4 saturated carbocycles. The molecule has 0 spiro atoms. The van der Waals surface area contributed by atoms with Crippen LogP contribution in [-0.4, -0.2) is 42.0 Å². The summed E-state index contributed by atoms with van der Waals surface area (Å²) in [5.41, 5.74) is 0.355. The summed E-state index contributed by atoms with van der Waals surface area (Å²) >= 11 is 0. The van der Waals surface area contributed by atoms with Gasteiger partial charge < -0.3 is 10.2 Å². The van der Waals surface area contributed by atoms with Crippen molar-refractivity contribution in [2.45, 2.75) is 97.7 Å². The fourth-order valence-electron chi connectivity index (χ4n) is 9.47. The van der Waals surface area contributed by atoms with Crippen molar-refractivity contribution >= 4 is 10.4 Å². The maximum Gasteiger partial charge on any atom is 0.397 e. The van der Waals surface area contributed by atoms with Crippen LogP contribution in [0.3, 0.4) is 0 Å². The molecule has 0 aromatic rings. The highest BCUT2D eigenvalue weighted by Gasteiger charge is 2.64. The van der Waals surface area contributed by atoms with Gasteiger partial charge in [0, 0.05) is 0 Å². The van der Waals surface area contributed by atoms with Crippen molar-refractivity contribution in [1.29, 1.82) is 0 Å². The van der Waals surface area contributed by atoms with Gasteiger partial charge in [-0.1, -0.05) is 34.1 Å². The lowest BCUT2D eigenvalue weighted by Gasteiger charge is -2.64. The fraction of sp³-hybridized carbons (Fsp3) is 1.00. The lowest BCUT2D eigenvalue weighted by molar-refractivity contribution is -0.203. The molecule has 3 N–H and O–H groups in total. The maximum absolute atomic E-state index is 11.7. The molecular formula is C25H44O6S. The average Bonchev–Trinajstić information content (AvgIpc) is 3.06. The van der Waals surface area contributed by atoms with Crippen molar-refractivity contribution in [3.05, 3.63) is 0 Å². The highest BCUT2D eigenvalue weighted by Crippen LogP contribution is 2.69. The molecule has 4 aliphatic rings. The Morgan fingerprint density at radius 2 is 1.66 bits per heavy atom. The van der Waals surface area contributed by atoms with Crippen molar-refractivity contribution in [3.8, 4) is 0 Å². The normalized spacial score (nSPS) is 49.7. The van der Waals surface area contributed by atoms with Crippen molar-refractivity contribution in [2.24, 2.45) is 52.3 Å². The second-order valence-corrected chi connectivity index (χ2v) is 13.2. The Balaban J connectivity index is 1.56. The summed E-state index contributed by atoms with van der Waals surface area (Å²) in [6.45, 7) is 9.28. The van der Waals surface area contributed by atoms with Gasteiger partial charge in [-0.2, -0.15) is 8.42 Å². The molecule has 186 valence electrons. The highest BCUT2D eigenvalue weighted by atomic mass is 32.3. The van der Waals surface area contributed by atoms with E-state index in [1.165, 1.54) is 0 Å². The smallest absolute Gasteiger partial charge is 0.393 e. The van der Waals surface area contributed by atoms with Gasteiger partial charge in [-0.15, -0.1) is 0 Å². The van der Waals surface area contributed by atoms with E-state index in [9.17, 15) is 18.6 Å². The Morgan fingerprint density at radius 1 is 1.00 bits per heavy atom. The van der Waals surface area contributed by atoms with Crippen molar-refractivity contribution in [2.75, 3.05) is 6.61 Å². The van der Waals surface area contributed by atoms with Crippen LogP contribution in [-0.2, 0) is 14.6 Å².